The zero-order chi connectivity index (χ0) is 39.6. The zero-order valence-electron chi connectivity index (χ0n) is 35.3. The van der Waals surface area contributed by atoms with E-state index in [2.05, 4.69) is 128 Å². The minimum absolute atomic E-state index is 0.0734. The summed E-state index contributed by atoms with van der Waals surface area (Å²) in [6.07, 6.45) is 8.59. The Morgan fingerprint density at radius 1 is 0.375 bits per heavy atom. The van der Waals surface area contributed by atoms with Crippen LogP contribution in [-0.4, -0.2) is 26.4 Å². The van der Waals surface area contributed by atoms with Gasteiger partial charge in [0.05, 0.1) is 26.4 Å². The van der Waals surface area contributed by atoms with Crippen molar-refractivity contribution < 1.29 is 28.4 Å². The third-order valence-electron chi connectivity index (χ3n) is 10.8. The van der Waals surface area contributed by atoms with Crippen LogP contribution in [0.2, 0.25) is 0 Å². The van der Waals surface area contributed by atoms with Crippen LogP contribution in [0, 0.1) is 23.7 Å². The van der Waals surface area contributed by atoms with Crippen molar-refractivity contribution in [3.63, 3.8) is 0 Å². The Morgan fingerprint density at radius 3 is 0.821 bits per heavy atom. The monoisotopic (exact) mass is 762 g/mol. The van der Waals surface area contributed by atoms with E-state index in [-0.39, 0.29) is 11.8 Å². The lowest BCUT2D eigenvalue weighted by atomic mass is 9.71. The van der Waals surface area contributed by atoms with Gasteiger partial charge in [0.1, 0.15) is 46.0 Å². The Balaban J connectivity index is 1.39. The quantitative estimate of drug-likeness (QED) is 0.0788. The first-order chi connectivity index (χ1) is 27.0. The molecule has 0 atom stereocenters. The number of hydrogen-bond donors (Lipinski definition) is 0. The molecule has 2 heterocycles. The minimum atomic E-state index is -0.0734. The minimum Gasteiger partial charge on any atom is -0.493 e. The summed E-state index contributed by atoms with van der Waals surface area (Å²) in [6.45, 7) is 20.7. The first-order valence-electron chi connectivity index (χ1n) is 21.5. The van der Waals surface area contributed by atoms with Crippen LogP contribution >= 0.6 is 0 Å². The Labute approximate surface area is 337 Å². The van der Waals surface area contributed by atoms with Crippen LogP contribution in [0.1, 0.15) is 141 Å². The topological polar surface area (TPSA) is 55.4 Å². The van der Waals surface area contributed by atoms with Gasteiger partial charge in [0.15, 0.2) is 0 Å². The summed E-state index contributed by atoms with van der Waals surface area (Å²) in [6, 6.07) is 25.5. The van der Waals surface area contributed by atoms with Crippen LogP contribution in [0.3, 0.4) is 0 Å². The average molecular weight is 763 g/mol. The molecular formula is C50H66O6. The molecule has 2 aliphatic heterocycles. The predicted octanol–water partition coefficient (Wildman–Crippen LogP) is 14.1. The summed E-state index contributed by atoms with van der Waals surface area (Å²) in [5.74, 6) is 8.97. The van der Waals surface area contributed by atoms with Crippen molar-refractivity contribution in [3.8, 4) is 46.0 Å². The first kappa shape index (κ1) is 41.3. The molecule has 2 aliphatic rings. The largest absolute Gasteiger partial charge is 0.493 e. The highest BCUT2D eigenvalue weighted by atomic mass is 16.5. The van der Waals surface area contributed by atoms with Crippen molar-refractivity contribution >= 4 is 0 Å². The van der Waals surface area contributed by atoms with Gasteiger partial charge in [-0.2, -0.15) is 0 Å². The molecular weight excluding hydrogens is 697 g/mol. The number of hydrogen-bond acceptors (Lipinski definition) is 6. The van der Waals surface area contributed by atoms with E-state index in [1.165, 1.54) is 0 Å². The van der Waals surface area contributed by atoms with Crippen molar-refractivity contribution in [1.82, 2.24) is 0 Å². The summed E-state index contributed by atoms with van der Waals surface area (Å²) in [7, 11) is 0. The van der Waals surface area contributed by atoms with Crippen molar-refractivity contribution in [3.05, 3.63) is 95.1 Å². The lowest BCUT2D eigenvalue weighted by molar-refractivity contribution is 0.292. The molecule has 6 rings (SSSR count). The van der Waals surface area contributed by atoms with Crippen molar-refractivity contribution in [2.75, 3.05) is 26.4 Å². The molecule has 0 saturated carbocycles. The fraction of sp³-hybridized carbons (Fsp3) is 0.520. The number of fused-ring (bicyclic) bond motifs is 4. The molecule has 0 N–H and O–H groups in total. The van der Waals surface area contributed by atoms with E-state index in [1.54, 1.807) is 0 Å². The summed E-state index contributed by atoms with van der Waals surface area (Å²) in [4.78, 5) is 0. The molecule has 0 spiro atoms. The maximum absolute atomic E-state index is 6.80. The molecule has 6 nitrogen and oxygen atoms in total. The van der Waals surface area contributed by atoms with Crippen LogP contribution < -0.4 is 28.4 Å². The van der Waals surface area contributed by atoms with Gasteiger partial charge >= 0.3 is 0 Å². The first-order valence-corrected chi connectivity index (χ1v) is 21.5. The summed E-state index contributed by atoms with van der Waals surface area (Å²) >= 11 is 0. The van der Waals surface area contributed by atoms with Gasteiger partial charge in [-0.3, -0.25) is 0 Å². The molecule has 0 unspecified atom stereocenters. The van der Waals surface area contributed by atoms with Gasteiger partial charge in [0.2, 0.25) is 0 Å². The highest BCUT2D eigenvalue weighted by Crippen LogP contribution is 2.58. The summed E-state index contributed by atoms with van der Waals surface area (Å²) < 4.78 is 38.8. The molecule has 0 aliphatic carbocycles. The van der Waals surface area contributed by atoms with E-state index in [4.69, 9.17) is 28.4 Å². The van der Waals surface area contributed by atoms with E-state index in [0.717, 1.165) is 120 Å². The summed E-state index contributed by atoms with van der Waals surface area (Å²) in [5, 5.41) is 0. The average Bonchev–Trinajstić information content (AvgIpc) is 3.16. The van der Waals surface area contributed by atoms with E-state index >= 15 is 0 Å². The molecule has 4 aromatic carbocycles. The van der Waals surface area contributed by atoms with Gasteiger partial charge < -0.3 is 28.4 Å². The molecule has 4 aromatic rings. The Bertz CT molecular complexity index is 1590. The molecule has 0 amide bonds. The van der Waals surface area contributed by atoms with Crippen LogP contribution in [-0.2, 0) is 0 Å². The van der Waals surface area contributed by atoms with E-state index < -0.39 is 0 Å². The molecule has 0 saturated heterocycles. The Kier molecular flexibility index (Phi) is 14.5. The van der Waals surface area contributed by atoms with Gasteiger partial charge in [0.25, 0.3) is 0 Å². The Morgan fingerprint density at radius 2 is 0.607 bits per heavy atom. The lowest BCUT2D eigenvalue weighted by Crippen LogP contribution is -2.22. The standard InChI is InChI=1S/C50H66O6/c1-33(2)13-9-25-51-37-17-21-41-45(29-37)55-46-30-38(52-26-10-14-34(3)4)18-22-42(46)49(41)50-43-23-19-39(53-27-11-15-35(5)6)31-47(43)56-48-32-40(20-24-44(48)50)54-28-12-16-36(7)8/h17-24,29-36,49-50H,9-16,25-28H2,1-8H3. The SMILES string of the molecule is CC(C)CCCOc1ccc2c(c1)Oc1cc(OCCCC(C)C)ccc1C2C1c2ccc(OCCCC(C)C)cc2Oc2cc(OCCCC(C)C)ccc21. The van der Waals surface area contributed by atoms with Crippen LogP contribution in [0.4, 0.5) is 0 Å². The second-order valence-corrected chi connectivity index (χ2v) is 17.5. The molecule has 6 heteroatoms. The highest BCUT2D eigenvalue weighted by Gasteiger charge is 2.40. The summed E-state index contributed by atoms with van der Waals surface area (Å²) in [5.41, 5.74) is 4.46. The van der Waals surface area contributed by atoms with Crippen LogP contribution in [0.15, 0.2) is 72.8 Å². The van der Waals surface area contributed by atoms with Gasteiger partial charge in [-0.25, -0.2) is 0 Å². The Hall–Kier alpha value is -4.32. The fourth-order valence-electron chi connectivity index (χ4n) is 7.82. The normalized spacial score (nSPS) is 13.6. The van der Waals surface area contributed by atoms with E-state index in [1.807, 2.05) is 0 Å². The molecule has 56 heavy (non-hydrogen) atoms. The smallest absolute Gasteiger partial charge is 0.134 e. The second-order valence-electron chi connectivity index (χ2n) is 17.5. The molecule has 0 aromatic heterocycles. The number of rotatable bonds is 21. The maximum Gasteiger partial charge on any atom is 0.134 e. The van der Waals surface area contributed by atoms with E-state index in [9.17, 15) is 0 Å². The van der Waals surface area contributed by atoms with Gasteiger partial charge in [-0.15, -0.1) is 0 Å². The van der Waals surface area contributed by atoms with Crippen LogP contribution in [0.5, 0.6) is 46.0 Å². The van der Waals surface area contributed by atoms with E-state index in [0.29, 0.717) is 50.1 Å². The number of benzene rings is 4. The molecule has 0 fully saturated rings. The predicted molar refractivity (Wildman–Crippen MR) is 228 cm³/mol. The fourth-order valence-corrected chi connectivity index (χ4v) is 7.82. The van der Waals surface area contributed by atoms with Gasteiger partial charge in [-0.1, -0.05) is 79.7 Å². The number of ether oxygens (including phenoxy) is 6. The maximum atomic E-state index is 6.80. The highest BCUT2D eigenvalue weighted by molar-refractivity contribution is 5.65. The van der Waals surface area contributed by atoms with Gasteiger partial charge in [-0.05, 0) is 99.3 Å². The van der Waals surface area contributed by atoms with Crippen LogP contribution in [0.25, 0.3) is 0 Å². The molecule has 0 bridgehead atoms. The third kappa shape index (κ3) is 11.0. The molecule has 0 radical (unpaired) electrons. The van der Waals surface area contributed by atoms with Crippen molar-refractivity contribution in [2.24, 2.45) is 23.7 Å². The third-order valence-corrected chi connectivity index (χ3v) is 10.8. The van der Waals surface area contributed by atoms with Crippen molar-refractivity contribution in [2.45, 2.75) is 119 Å². The second kappa shape index (κ2) is 19.7. The zero-order valence-corrected chi connectivity index (χ0v) is 35.3. The molecule has 302 valence electrons. The van der Waals surface area contributed by atoms with Gasteiger partial charge in [0, 0.05) is 58.4 Å². The van der Waals surface area contributed by atoms with Crippen molar-refractivity contribution in [1.29, 1.82) is 0 Å². The lowest BCUT2D eigenvalue weighted by Gasteiger charge is -2.38.